The number of methoxy groups -OCH3 is 2. The van der Waals surface area contributed by atoms with Crippen LogP contribution in [0.1, 0.15) is 35.4 Å². The summed E-state index contributed by atoms with van der Waals surface area (Å²) in [6.45, 7) is 1.07. The molecule has 5 atom stereocenters. The topological polar surface area (TPSA) is 122 Å². The number of nitrogens with one attached hydrogen (secondary N) is 1. The number of amides is 1. The fourth-order valence-electron chi connectivity index (χ4n) is 6.48. The zero-order chi connectivity index (χ0) is 27.2. The van der Waals surface area contributed by atoms with Crippen LogP contribution in [0.5, 0.6) is 23.0 Å². The van der Waals surface area contributed by atoms with Crippen molar-refractivity contribution < 1.29 is 33.6 Å². The maximum atomic E-state index is 13.0. The number of alkyl carbamates (subject to hydrolysis) is 1. The van der Waals surface area contributed by atoms with Crippen molar-refractivity contribution in [3.8, 4) is 23.0 Å². The van der Waals surface area contributed by atoms with Gasteiger partial charge in [0.15, 0.2) is 17.3 Å². The lowest BCUT2D eigenvalue weighted by Crippen LogP contribution is -2.52. The van der Waals surface area contributed by atoms with Gasteiger partial charge in [0.2, 0.25) is 0 Å². The fraction of sp³-hybridized carbons (Fsp3) is 0.367. The van der Waals surface area contributed by atoms with Gasteiger partial charge in [0, 0.05) is 12.1 Å². The third-order valence-electron chi connectivity index (χ3n) is 8.08. The molecule has 3 aliphatic rings. The number of carbonyl (C=O) groups excluding carboxylic acids is 1. The van der Waals surface area contributed by atoms with E-state index in [9.17, 15) is 9.90 Å². The average Bonchev–Trinajstić information content (AvgIpc) is 3.53. The summed E-state index contributed by atoms with van der Waals surface area (Å²) in [5.74, 6) is 1.49. The minimum atomic E-state index is -1.80. The molecule has 9 nitrogen and oxygen atoms in total. The van der Waals surface area contributed by atoms with Gasteiger partial charge in [0.25, 0.3) is 0 Å². The van der Waals surface area contributed by atoms with Gasteiger partial charge < -0.3 is 39.8 Å². The number of benzene rings is 3. The monoisotopic (exact) mass is 532 g/mol. The van der Waals surface area contributed by atoms with Crippen LogP contribution >= 0.6 is 0 Å². The van der Waals surface area contributed by atoms with Gasteiger partial charge >= 0.3 is 6.09 Å². The molecule has 39 heavy (non-hydrogen) atoms. The van der Waals surface area contributed by atoms with E-state index in [0.29, 0.717) is 47.3 Å². The van der Waals surface area contributed by atoms with Crippen LogP contribution < -0.4 is 30.0 Å². The van der Waals surface area contributed by atoms with Gasteiger partial charge in [0.1, 0.15) is 23.0 Å². The first-order valence-corrected chi connectivity index (χ1v) is 13.1. The van der Waals surface area contributed by atoms with Crippen molar-refractivity contribution >= 4 is 6.09 Å². The van der Waals surface area contributed by atoms with E-state index in [4.69, 9.17) is 29.4 Å². The van der Waals surface area contributed by atoms with Crippen molar-refractivity contribution in [3.05, 3.63) is 83.4 Å². The van der Waals surface area contributed by atoms with E-state index in [1.165, 1.54) is 7.11 Å². The number of unbranched alkanes of at least 4 members (excludes halogenated alkanes) is 1. The first-order chi connectivity index (χ1) is 19.0. The molecule has 3 aromatic carbocycles. The van der Waals surface area contributed by atoms with Crippen LogP contribution in [0.2, 0.25) is 0 Å². The van der Waals surface area contributed by atoms with E-state index in [-0.39, 0.29) is 0 Å². The highest BCUT2D eigenvalue weighted by Gasteiger charge is 2.80. The second-order valence-electron chi connectivity index (χ2n) is 10.1. The van der Waals surface area contributed by atoms with Gasteiger partial charge in [-0.05, 0) is 42.6 Å². The Morgan fingerprint density at radius 3 is 2.46 bits per heavy atom. The van der Waals surface area contributed by atoms with E-state index in [2.05, 4.69) is 5.32 Å². The lowest BCUT2D eigenvalue weighted by atomic mass is 9.71. The number of rotatable bonds is 9. The summed E-state index contributed by atoms with van der Waals surface area (Å²) in [6, 6.07) is 20.1. The van der Waals surface area contributed by atoms with Gasteiger partial charge in [0.05, 0.1) is 38.3 Å². The quantitative estimate of drug-likeness (QED) is 0.358. The number of hydrogen-bond acceptors (Lipinski definition) is 8. The van der Waals surface area contributed by atoms with E-state index in [1.54, 1.807) is 19.2 Å². The zero-order valence-corrected chi connectivity index (χ0v) is 21.9. The molecule has 1 saturated heterocycles. The molecule has 1 amide bonds. The Morgan fingerprint density at radius 1 is 1.00 bits per heavy atom. The van der Waals surface area contributed by atoms with Crippen molar-refractivity contribution in [1.29, 1.82) is 0 Å². The third kappa shape index (κ3) is 3.64. The molecule has 3 aromatic rings. The highest BCUT2D eigenvalue weighted by Crippen LogP contribution is 2.69. The van der Waals surface area contributed by atoms with Crippen LogP contribution in [0.3, 0.4) is 0 Å². The smallest absolute Gasteiger partial charge is 0.407 e. The Morgan fingerprint density at radius 2 is 1.77 bits per heavy atom. The van der Waals surface area contributed by atoms with Gasteiger partial charge in [-0.15, -0.1) is 0 Å². The van der Waals surface area contributed by atoms with Crippen molar-refractivity contribution in [2.24, 2.45) is 5.73 Å². The Hall–Kier alpha value is -3.95. The van der Waals surface area contributed by atoms with Gasteiger partial charge in [-0.25, -0.2) is 4.79 Å². The molecule has 0 unspecified atom stereocenters. The third-order valence-corrected chi connectivity index (χ3v) is 8.08. The second kappa shape index (κ2) is 9.66. The Bertz CT molecular complexity index is 1370. The molecule has 1 aliphatic carbocycles. The largest absolute Gasteiger partial charge is 0.497 e. The molecule has 0 radical (unpaired) electrons. The van der Waals surface area contributed by atoms with Gasteiger partial charge in [-0.1, -0.05) is 42.5 Å². The molecule has 6 rings (SSSR count). The molecule has 1 saturated carbocycles. The molecule has 4 N–H and O–H groups in total. The van der Waals surface area contributed by atoms with Crippen molar-refractivity contribution in [2.45, 2.75) is 42.1 Å². The number of aliphatic hydroxyl groups is 1. The first-order valence-electron chi connectivity index (χ1n) is 13.1. The lowest BCUT2D eigenvalue weighted by molar-refractivity contribution is -0.147. The molecular formula is C30H32N2O7. The summed E-state index contributed by atoms with van der Waals surface area (Å²) >= 11 is 0. The van der Waals surface area contributed by atoms with Crippen LogP contribution in [0.15, 0.2) is 66.7 Å². The number of fused-ring (bicyclic) bond motifs is 5. The van der Waals surface area contributed by atoms with Crippen molar-refractivity contribution in [1.82, 2.24) is 5.32 Å². The summed E-state index contributed by atoms with van der Waals surface area (Å²) in [4.78, 5) is 12.6. The molecule has 2 fully saturated rings. The Labute approximate surface area is 226 Å². The highest BCUT2D eigenvalue weighted by molar-refractivity contribution is 5.74. The maximum absolute atomic E-state index is 13.0. The van der Waals surface area contributed by atoms with Crippen molar-refractivity contribution in [2.75, 3.05) is 27.4 Å². The normalized spacial score (nSPS) is 28.0. The predicted molar refractivity (Wildman–Crippen MR) is 142 cm³/mol. The highest BCUT2D eigenvalue weighted by atomic mass is 16.6. The minimum absolute atomic E-state index is 0.384. The molecule has 204 valence electrons. The average molecular weight is 533 g/mol. The van der Waals surface area contributed by atoms with Crippen molar-refractivity contribution in [3.63, 3.8) is 0 Å². The van der Waals surface area contributed by atoms with Crippen LogP contribution in [-0.4, -0.2) is 50.7 Å². The van der Waals surface area contributed by atoms with E-state index >= 15 is 0 Å². The molecule has 9 heteroatoms. The first kappa shape index (κ1) is 25.3. The zero-order valence-electron chi connectivity index (χ0n) is 21.9. The fourth-order valence-corrected chi connectivity index (χ4v) is 6.48. The Kier molecular flexibility index (Phi) is 6.28. The number of hydrogen-bond donors (Lipinski definition) is 3. The predicted octanol–water partition coefficient (Wildman–Crippen LogP) is 3.57. The minimum Gasteiger partial charge on any atom is -0.497 e. The molecule has 0 bridgehead atoms. The summed E-state index contributed by atoms with van der Waals surface area (Å²) < 4.78 is 30.0. The maximum Gasteiger partial charge on any atom is 0.407 e. The number of ether oxygens (including phenoxy) is 5. The number of carbonyl (C=O) groups is 1. The summed E-state index contributed by atoms with van der Waals surface area (Å²) in [5, 5.41) is 15.9. The molecular weight excluding hydrogens is 500 g/mol. The molecule has 0 aromatic heterocycles. The SMILES string of the molecule is COc1ccc([C@@]23Oc4cc(OCCCCN)cc(OC)c4[C@]2(O)[C@@H]2OC(=O)N[C@@H]2[C@H]3c2ccccc2)cc1. The van der Waals surface area contributed by atoms with Crippen LogP contribution in [0.4, 0.5) is 4.79 Å². The second-order valence-corrected chi connectivity index (χ2v) is 10.1. The Balaban J connectivity index is 1.57. The summed E-state index contributed by atoms with van der Waals surface area (Å²) in [7, 11) is 3.13. The standard InChI is InChI=1S/C30H32N2O7/c1-35-20-12-10-19(11-13-20)30-24(18-8-4-3-5-9-18)26-27(38-28(33)32-26)29(30,34)25-22(36-2)16-21(17-23(25)39-30)37-15-7-6-14-31/h3-5,8-13,16-17,24,26-27,34H,6-7,14-15,31H2,1-2H3,(H,32,33)/t24-,26-,27-,29+,30+/m1/s1. The van der Waals surface area contributed by atoms with Crippen LogP contribution in [0.25, 0.3) is 0 Å². The van der Waals surface area contributed by atoms with Crippen LogP contribution in [0, 0.1) is 0 Å². The van der Waals surface area contributed by atoms with E-state index in [1.807, 2.05) is 54.6 Å². The summed E-state index contributed by atoms with van der Waals surface area (Å²) in [6.07, 6.45) is 0.107. The van der Waals surface area contributed by atoms with E-state index < -0.39 is 35.4 Å². The lowest BCUT2D eigenvalue weighted by Gasteiger charge is -2.41. The van der Waals surface area contributed by atoms with E-state index in [0.717, 1.165) is 18.4 Å². The number of nitrogens with two attached hydrogens (primary N) is 1. The summed E-state index contributed by atoms with van der Waals surface area (Å²) in [5.41, 5.74) is 4.45. The molecule has 2 heterocycles. The molecule has 2 aliphatic heterocycles. The van der Waals surface area contributed by atoms with Gasteiger partial charge in [-0.2, -0.15) is 0 Å². The van der Waals surface area contributed by atoms with Crippen LogP contribution in [-0.2, 0) is 15.9 Å². The van der Waals surface area contributed by atoms with Gasteiger partial charge in [-0.3, -0.25) is 0 Å². The molecule has 0 spiro atoms.